The Kier molecular flexibility index (Phi) is 5.10. The van der Waals surface area contributed by atoms with Crippen molar-refractivity contribution in [2.24, 2.45) is 0 Å². The van der Waals surface area contributed by atoms with Crippen LogP contribution >= 0.6 is 0 Å². The van der Waals surface area contributed by atoms with Crippen molar-refractivity contribution < 1.29 is 9.32 Å². The van der Waals surface area contributed by atoms with E-state index in [0.29, 0.717) is 18.1 Å². The maximum atomic E-state index is 13.6. The average molecular weight is 456 g/mol. The summed E-state index contributed by atoms with van der Waals surface area (Å²) < 4.78 is 8.22. The Morgan fingerprint density at radius 1 is 1.32 bits per heavy atom. The van der Waals surface area contributed by atoms with Gasteiger partial charge in [0.05, 0.1) is 11.7 Å². The first-order valence-corrected chi connectivity index (χ1v) is 10.5. The third kappa shape index (κ3) is 3.38. The third-order valence-electron chi connectivity index (χ3n) is 5.33. The van der Waals surface area contributed by atoms with Crippen LogP contribution in [0.2, 0.25) is 0 Å². The summed E-state index contributed by atoms with van der Waals surface area (Å²) in [4.78, 5) is 31.3. The molecule has 170 valence electrons. The van der Waals surface area contributed by atoms with Gasteiger partial charge in [-0.1, -0.05) is 29.3 Å². The molecule has 1 aromatic carbocycles. The fraction of sp³-hybridized carbons (Fsp3) is 0.174. The second-order valence-corrected chi connectivity index (χ2v) is 7.55. The average Bonchev–Trinajstić information content (AvgIpc) is 3.39. The number of aromatic nitrogens is 5. The van der Waals surface area contributed by atoms with Crippen molar-refractivity contribution in [2.75, 3.05) is 17.6 Å². The van der Waals surface area contributed by atoms with Crippen LogP contribution in [0.4, 0.5) is 11.6 Å². The number of nitrogens with two attached hydrogens (primary N) is 1. The Morgan fingerprint density at radius 3 is 2.88 bits per heavy atom. The quantitative estimate of drug-likeness (QED) is 0.395. The van der Waals surface area contributed by atoms with Gasteiger partial charge in [0.2, 0.25) is 0 Å². The minimum absolute atomic E-state index is 0.0419. The highest BCUT2D eigenvalue weighted by atomic mass is 16.5. The monoisotopic (exact) mass is 456 g/mol. The third-order valence-corrected chi connectivity index (χ3v) is 5.33. The van der Waals surface area contributed by atoms with Gasteiger partial charge in [0.15, 0.2) is 11.5 Å². The van der Waals surface area contributed by atoms with E-state index in [1.165, 1.54) is 9.25 Å². The normalized spacial score (nSPS) is 13.0. The van der Waals surface area contributed by atoms with Crippen molar-refractivity contribution in [3.63, 3.8) is 0 Å². The van der Waals surface area contributed by atoms with Gasteiger partial charge in [-0.3, -0.25) is 14.2 Å². The molecule has 4 aromatic rings. The van der Waals surface area contributed by atoms with Crippen molar-refractivity contribution in [1.82, 2.24) is 29.8 Å². The highest BCUT2D eigenvalue weighted by molar-refractivity contribution is 6.04. The molecular weight excluding hydrogens is 436 g/mol. The van der Waals surface area contributed by atoms with Crippen molar-refractivity contribution in [3.8, 4) is 17.5 Å². The van der Waals surface area contributed by atoms with E-state index in [4.69, 9.17) is 10.3 Å². The predicted octanol–water partition coefficient (Wildman–Crippen LogP) is 1.91. The van der Waals surface area contributed by atoms with Gasteiger partial charge in [0.25, 0.3) is 17.2 Å². The van der Waals surface area contributed by atoms with Crippen molar-refractivity contribution in [1.29, 1.82) is 0 Å². The largest absolute Gasteiger partial charge is 0.381 e. The van der Waals surface area contributed by atoms with Crippen LogP contribution in [-0.4, -0.2) is 36.9 Å². The Balaban J connectivity index is 1.61. The highest BCUT2D eigenvalue weighted by Gasteiger charge is 2.27. The number of carbonyl (C=O) groups is 1. The molecule has 0 saturated heterocycles. The van der Waals surface area contributed by atoms with Gasteiger partial charge in [0, 0.05) is 12.7 Å². The summed E-state index contributed by atoms with van der Waals surface area (Å²) in [6, 6.07) is 8.29. The number of rotatable bonds is 4. The maximum absolute atomic E-state index is 13.6. The summed E-state index contributed by atoms with van der Waals surface area (Å²) in [6.45, 7) is 3.90. The van der Waals surface area contributed by atoms with Crippen LogP contribution in [0.25, 0.3) is 23.0 Å². The Hall–Kier alpha value is -4.85. The first kappa shape index (κ1) is 21.0. The van der Waals surface area contributed by atoms with E-state index < -0.39 is 17.5 Å². The molecule has 11 heteroatoms. The molecule has 11 nitrogen and oxygen atoms in total. The number of para-hydroxylation sites is 1. The standard InChI is InChI=1S/C23H20N8O3/c1-3-8-15-16-22(34-29-15)27-19(31(23(16)33)14-9-5-4-6-10-14)13(2)26-21(32)17-18(24)28-30-12-7-11-25-20(17)30/h4-7,9-10,12-13,25H,11H2,1-2H3,(H2,24,28)(H,26,32). The number of carbonyl (C=O) groups excluding carboxylic acids is 1. The summed E-state index contributed by atoms with van der Waals surface area (Å²) >= 11 is 0. The molecule has 1 amide bonds. The summed E-state index contributed by atoms with van der Waals surface area (Å²) in [5.74, 6) is 5.87. The van der Waals surface area contributed by atoms with E-state index in [9.17, 15) is 9.59 Å². The molecule has 0 fully saturated rings. The van der Waals surface area contributed by atoms with Gasteiger partial charge in [0.1, 0.15) is 22.6 Å². The molecule has 34 heavy (non-hydrogen) atoms. The van der Waals surface area contributed by atoms with E-state index in [1.54, 1.807) is 44.3 Å². The van der Waals surface area contributed by atoms with Gasteiger partial charge < -0.3 is 20.9 Å². The molecule has 1 unspecified atom stereocenters. The number of amides is 1. The van der Waals surface area contributed by atoms with Gasteiger partial charge in [-0.05, 0) is 38.0 Å². The first-order valence-electron chi connectivity index (χ1n) is 10.5. The smallest absolute Gasteiger partial charge is 0.272 e. The van der Waals surface area contributed by atoms with E-state index >= 15 is 0 Å². The van der Waals surface area contributed by atoms with Gasteiger partial charge in [-0.15, -0.1) is 5.10 Å². The Bertz CT molecular complexity index is 1570. The minimum atomic E-state index is -0.704. The zero-order valence-electron chi connectivity index (χ0n) is 18.4. The molecule has 1 aliphatic rings. The first-order chi connectivity index (χ1) is 16.5. The topological polar surface area (TPSA) is 146 Å². The molecule has 3 aromatic heterocycles. The molecule has 1 aliphatic heterocycles. The Labute approximate surface area is 193 Å². The van der Waals surface area contributed by atoms with Crippen LogP contribution in [0.5, 0.6) is 0 Å². The van der Waals surface area contributed by atoms with Crippen molar-refractivity contribution >= 4 is 34.8 Å². The number of nitrogens with zero attached hydrogens (tertiary/aromatic N) is 5. The minimum Gasteiger partial charge on any atom is -0.381 e. The summed E-state index contributed by atoms with van der Waals surface area (Å²) in [5, 5.41) is 14.2. The molecule has 0 bridgehead atoms. The maximum Gasteiger partial charge on any atom is 0.272 e. The fourth-order valence-electron chi connectivity index (χ4n) is 3.84. The van der Waals surface area contributed by atoms with Crippen LogP contribution in [-0.2, 0) is 0 Å². The molecule has 0 radical (unpaired) electrons. The van der Waals surface area contributed by atoms with Crippen LogP contribution < -0.4 is 21.9 Å². The molecular formula is C23H20N8O3. The molecule has 4 heterocycles. The van der Waals surface area contributed by atoms with E-state index in [-0.39, 0.29) is 34.0 Å². The van der Waals surface area contributed by atoms with Gasteiger partial charge in [-0.25, -0.2) is 4.68 Å². The lowest BCUT2D eigenvalue weighted by atomic mass is 10.2. The number of benzene rings is 1. The van der Waals surface area contributed by atoms with E-state index in [2.05, 4.69) is 37.7 Å². The molecule has 0 spiro atoms. The summed E-state index contributed by atoms with van der Waals surface area (Å²) in [7, 11) is 0. The Morgan fingerprint density at radius 2 is 2.12 bits per heavy atom. The van der Waals surface area contributed by atoms with Gasteiger partial charge in [-0.2, -0.15) is 4.98 Å². The lowest BCUT2D eigenvalue weighted by Crippen LogP contribution is -2.33. The van der Waals surface area contributed by atoms with Crippen LogP contribution in [0.3, 0.4) is 0 Å². The van der Waals surface area contributed by atoms with Crippen LogP contribution in [0.15, 0.2) is 45.7 Å². The molecule has 1 atom stereocenters. The van der Waals surface area contributed by atoms with E-state index in [1.807, 2.05) is 12.1 Å². The van der Waals surface area contributed by atoms with Crippen molar-refractivity contribution in [3.05, 3.63) is 63.8 Å². The molecule has 5 rings (SSSR count). The lowest BCUT2D eigenvalue weighted by molar-refractivity contribution is 0.0939. The highest BCUT2D eigenvalue weighted by Crippen LogP contribution is 2.26. The van der Waals surface area contributed by atoms with Crippen molar-refractivity contribution in [2.45, 2.75) is 19.9 Å². The number of nitrogen functional groups attached to an aromatic ring is 1. The lowest BCUT2D eigenvalue weighted by Gasteiger charge is -2.19. The molecule has 0 saturated carbocycles. The summed E-state index contributed by atoms with van der Waals surface area (Å²) in [6.07, 6.45) is 3.58. The molecule has 0 aliphatic carbocycles. The van der Waals surface area contributed by atoms with E-state index in [0.717, 1.165) is 0 Å². The van der Waals surface area contributed by atoms with Crippen LogP contribution in [0, 0.1) is 11.8 Å². The SMILES string of the molecule is CC#Cc1noc2nc(C(C)NC(=O)c3c(N)nn4c3NCC=C4)n(-c3ccccc3)c(=O)c12. The van der Waals surface area contributed by atoms with Crippen LogP contribution in [0.1, 0.15) is 41.8 Å². The summed E-state index contributed by atoms with van der Waals surface area (Å²) in [5.41, 5.74) is 6.65. The number of anilines is 2. The number of hydrogen-bond donors (Lipinski definition) is 3. The molecule has 4 N–H and O–H groups in total. The fourth-order valence-corrected chi connectivity index (χ4v) is 3.84. The number of hydrogen-bond acceptors (Lipinski definition) is 8. The zero-order valence-corrected chi connectivity index (χ0v) is 18.4. The predicted molar refractivity (Wildman–Crippen MR) is 126 cm³/mol. The van der Waals surface area contributed by atoms with Gasteiger partial charge >= 0.3 is 0 Å². The number of nitrogens with one attached hydrogen (secondary N) is 2. The zero-order chi connectivity index (χ0) is 23.8. The second kappa shape index (κ2) is 8.25. The second-order valence-electron chi connectivity index (χ2n) is 7.55. The number of fused-ring (bicyclic) bond motifs is 2.